The van der Waals surface area contributed by atoms with Crippen LogP contribution in [0.5, 0.6) is 0 Å². The second kappa shape index (κ2) is 6.27. The molecule has 2 aromatic rings. The van der Waals surface area contributed by atoms with Crippen LogP contribution in [-0.2, 0) is 0 Å². The van der Waals surface area contributed by atoms with Crippen molar-refractivity contribution in [3.8, 4) is 0 Å². The van der Waals surface area contributed by atoms with Gasteiger partial charge >= 0.3 is 0 Å². The van der Waals surface area contributed by atoms with Crippen molar-refractivity contribution in [2.24, 2.45) is 15.4 Å². The molecule has 112 valence electrons. The Bertz CT molecular complexity index is 623. The molecule has 0 heterocycles. The third kappa shape index (κ3) is 3.91. The lowest BCUT2D eigenvalue weighted by Crippen LogP contribution is -2.29. The van der Waals surface area contributed by atoms with Gasteiger partial charge in [0, 0.05) is 17.8 Å². The smallest absolute Gasteiger partial charge is 0.0629 e. The van der Waals surface area contributed by atoms with E-state index in [1.807, 2.05) is 36.4 Å². The highest BCUT2D eigenvalue weighted by molar-refractivity contribution is 6.08. The Morgan fingerprint density at radius 1 is 0.682 bits per heavy atom. The number of para-hydroxylation sites is 2. The summed E-state index contributed by atoms with van der Waals surface area (Å²) in [6.07, 6.45) is 2.96. The first-order chi connectivity index (χ1) is 10.6. The topological polar surface area (TPSA) is 24.7 Å². The maximum Gasteiger partial charge on any atom is 0.0629 e. The van der Waals surface area contributed by atoms with Crippen LogP contribution in [0.1, 0.15) is 33.1 Å². The molecule has 1 saturated carbocycles. The van der Waals surface area contributed by atoms with Crippen molar-refractivity contribution in [1.29, 1.82) is 0 Å². The molecule has 0 unspecified atom stereocenters. The summed E-state index contributed by atoms with van der Waals surface area (Å²) in [5, 5.41) is 0. The summed E-state index contributed by atoms with van der Waals surface area (Å²) >= 11 is 0. The first-order valence-electron chi connectivity index (χ1n) is 7.84. The normalized spacial score (nSPS) is 21.2. The molecule has 0 N–H and O–H groups in total. The van der Waals surface area contributed by atoms with Crippen LogP contribution in [0.3, 0.4) is 0 Å². The zero-order valence-electron chi connectivity index (χ0n) is 13.3. The molecule has 1 fully saturated rings. The van der Waals surface area contributed by atoms with Crippen molar-refractivity contribution in [2.75, 3.05) is 0 Å². The van der Waals surface area contributed by atoms with Gasteiger partial charge in [-0.1, -0.05) is 50.2 Å². The van der Waals surface area contributed by atoms with Crippen molar-refractivity contribution < 1.29 is 0 Å². The Morgan fingerprint density at radius 3 is 1.50 bits per heavy atom. The Kier molecular flexibility index (Phi) is 4.19. The van der Waals surface area contributed by atoms with Crippen molar-refractivity contribution >= 4 is 22.8 Å². The van der Waals surface area contributed by atoms with E-state index < -0.39 is 0 Å². The molecule has 0 atom stereocenters. The zero-order valence-corrected chi connectivity index (χ0v) is 13.3. The van der Waals surface area contributed by atoms with Crippen LogP contribution in [0.2, 0.25) is 0 Å². The molecule has 0 spiro atoms. The summed E-state index contributed by atoms with van der Waals surface area (Å²) < 4.78 is 0. The van der Waals surface area contributed by atoms with Gasteiger partial charge in [-0.25, -0.2) is 0 Å². The Balaban J connectivity index is 1.88. The van der Waals surface area contributed by atoms with Gasteiger partial charge in [-0.2, -0.15) is 0 Å². The van der Waals surface area contributed by atoms with Gasteiger partial charge in [0.15, 0.2) is 0 Å². The summed E-state index contributed by atoms with van der Waals surface area (Å²) in [7, 11) is 0. The van der Waals surface area contributed by atoms with E-state index in [-0.39, 0.29) is 5.41 Å². The van der Waals surface area contributed by atoms with Crippen molar-refractivity contribution in [3.05, 3.63) is 60.7 Å². The Labute approximate surface area is 132 Å². The van der Waals surface area contributed by atoms with E-state index in [9.17, 15) is 0 Å². The lowest BCUT2D eigenvalue weighted by atomic mass is 9.75. The van der Waals surface area contributed by atoms with E-state index in [1.54, 1.807) is 0 Å². The molecule has 2 aromatic carbocycles. The van der Waals surface area contributed by atoms with Gasteiger partial charge in [0.05, 0.1) is 11.4 Å². The molecule has 0 bridgehead atoms. The minimum Gasteiger partial charge on any atom is -0.257 e. The predicted molar refractivity (Wildman–Crippen MR) is 94.7 cm³/mol. The quantitative estimate of drug-likeness (QED) is 0.673. The number of aliphatic imine (C=N–C) groups is 2. The van der Waals surface area contributed by atoms with Crippen LogP contribution >= 0.6 is 0 Å². The van der Waals surface area contributed by atoms with Crippen LogP contribution in [0, 0.1) is 5.41 Å². The zero-order chi connectivity index (χ0) is 15.4. The average molecular weight is 290 g/mol. The van der Waals surface area contributed by atoms with E-state index in [1.165, 1.54) is 11.4 Å². The number of hydrogen-bond acceptors (Lipinski definition) is 2. The third-order valence-corrected chi connectivity index (χ3v) is 3.86. The number of hydrogen-bond donors (Lipinski definition) is 0. The van der Waals surface area contributed by atoms with Crippen LogP contribution in [0.15, 0.2) is 70.6 Å². The number of benzene rings is 2. The van der Waals surface area contributed by atoms with Crippen LogP contribution in [-0.4, -0.2) is 11.4 Å². The van der Waals surface area contributed by atoms with E-state index in [0.29, 0.717) is 0 Å². The fourth-order valence-electron chi connectivity index (χ4n) is 3.06. The minimum atomic E-state index is 0.222. The lowest BCUT2D eigenvalue weighted by Gasteiger charge is -2.31. The second-order valence-corrected chi connectivity index (χ2v) is 6.72. The highest BCUT2D eigenvalue weighted by Crippen LogP contribution is 2.34. The largest absolute Gasteiger partial charge is 0.257 e. The molecule has 0 aromatic heterocycles. The van der Waals surface area contributed by atoms with E-state index in [2.05, 4.69) is 38.1 Å². The maximum atomic E-state index is 4.84. The van der Waals surface area contributed by atoms with Crippen molar-refractivity contribution in [2.45, 2.75) is 33.1 Å². The van der Waals surface area contributed by atoms with Gasteiger partial charge in [0.1, 0.15) is 0 Å². The van der Waals surface area contributed by atoms with E-state index >= 15 is 0 Å². The van der Waals surface area contributed by atoms with Gasteiger partial charge in [0.25, 0.3) is 0 Å². The molecule has 3 rings (SSSR count). The molecule has 1 aliphatic rings. The molecule has 2 nitrogen and oxygen atoms in total. The monoisotopic (exact) mass is 290 g/mol. The fourth-order valence-corrected chi connectivity index (χ4v) is 3.06. The molecule has 1 aliphatic carbocycles. The standard InChI is InChI=1S/C20H22N2/c1-20(2)14-18(21-16-9-5-3-6-10-16)13-19(15-20)22-17-11-7-4-8-12-17/h3-12H,13-15H2,1-2H3. The van der Waals surface area contributed by atoms with Crippen molar-refractivity contribution in [1.82, 2.24) is 0 Å². The summed E-state index contributed by atoms with van der Waals surface area (Å²) in [4.78, 5) is 9.68. The van der Waals surface area contributed by atoms with Gasteiger partial charge in [-0.3, -0.25) is 9.98 Å². The molecule has 22 heavy (non-hydrogen) atoms. The van der Waals surface area contributed by atoms with Crippen LogP contribution in [0.25, 0.3) is 0 Å². The summed E-state index contributed by atoms with van der Waals surface area (Å²) in [5.41, 5.74) is 4.76. The first kappa shape index (κ1) is 14.7. The second-order valence-electron chi connectivity index (χ2n) is 6.72. The maximum absolute atomic E-state index is 4.84. The van der Waals surface area contributed by atoms with Gasteiger partial charge < -0.3 is 0 Å². The first-order valence-corrected chi connectivity index (χ1v) is 7.84. The molecule has 0 saturated heterocycles. The minimum absolute atomic E-state index is 0.222. The molecule has 0 radical (unpaired) electrons. The summed E-state index contributed by atoms with van der Waals surface area (Å²) in [6.45, 7) is 4.60. The fraction of sp³-hybridized carbons (Fsp3) is 0.300. The summed E-state index contributed by atoms with van der Waals surface area (Å²) in [6, 6.07) is 20.4. The molecule has 0 amide bonds. The predicted octanol–water partition coefficient (Wildman–Crippen LogP) is 5.74. The van der Waals surface area contributed by atoms with Gasteiger partial charge in [-0.05, 0) is 42.5 Å². The van der Waals surface area contributed by atoms with Gasteiger partial charge in [0.2, 0.25) is 0 Å². The Morgan fingerprint density at radius 2 is 1.09 bits per heavy atom. The van der Waals surface area contributed by atoms with Crippen LogP contribution < -0.4 is 0 Å². The number of rotatable bonds is 2. The van der Waals surface area contributed by atoms with E-state index in [0.717, 1.165) is 30.6 Å². The molecule has 0 aliphatic heterocycles. The van der Waals surface area contributed by atoms with E-state index in [4.69, 9.17) is 9.98 Å². The molecular weight excluding hydrogens is 268 g/mol. The lowest BCUT2D eigenvalue weighted by molar-refractivity contribution is 0.390. The van der Waals surface area contributed by atoms with Crippen LogP contribution in [0.4, 0.5) is 11.4 Å². The molecule has 2 heteroatoms. The van der Waals surface area contributed by atoms with Crippen molar-refractivity contribution in [3.63, 3.8) is 0 Å². The highest BCUT2D eigenvalue weighted by atomic mass is 14.8. The average Bonchev–Trinajstić information content (AvgIpc) is 2.47. The Hall–Kier alpha value is -2.22. The third-order valence-electron chi connectivity index (χ3n) is 3.86. The van der Waals surface area contributed by atoms with Gasteiger partial charge in [-0.15, -0.1) is 0 Å². The number of nitrogens with zero attached hydrogens (tertiary/aromatic N) is 2. The molecular formula is C20H22N2. The summed E-state index contributed by atoms with van der Waals surface area (Å²) in [5.74, 6) is 0. The SMILES string of the molecule is CC1(C)CC(=Nc2ccccc2)CC(=Nc2ccccc2)C1. The highest BCUT2D eigenvalue weighted by Gasteiger charge is 2.29.